The van der Waals surface area contributed by atoms with Crippen LogP contribution in [-0.2, 0) is 9.24 Å². The molecule has 0 unspecified atom stereocenters. The van der Waals surface area contributed by atoms with Crippen molar-refractivity contribution in [3.63, 3.8) is 0 Å². The fraction of sp³-hybridized carbons (Fsp3) is 0.250. The van der Waals surface area contributed by atoms with Crippen LogP contribution in [0.5, 0.6) is 0 Å². The van der Waals surface area contributed by atoms with Gasteiger partial charge in [-0.15, -0.1) is 0 Å². The third-order valence-electron chi connectivity index (χ3n) is 1.62. The Bertz CT molecular complexity index is 363. The van der Waals surface area contributed by atoms with Crippen molar-refractivity contribution in [3.8, 4) is 0 Å². The van der Waals surface area contributed by atoms with Gasteiger partial charge >= 0.3 is 0 Å². The molecular weight excluding hydrogens is 210 g/mol. The highest BCUT2D eigenvalue weighted by molar-refractivity contribution is 8.12. The molecule has 72 valence electrons. The van der Waals surface area contributed by atoms with E-state index in [1.807, 2.05) is 30.3 Å². The van der Waals surface area contributed by atoms with Crippen LogP contribution in [0.25, 0.3) is 0 Å². The van der Waals surface area contributed by atoms with Crippen LogP contribution in [0.3, 0.4) is 0 Å². The second-order valence-electron chi connectivity index (χ2n) is 2.69. The molecule has 0 saturated heterocycles. The fourth-order valence-corrected chi connectivity index (χ4v) is 1.98. The molecule has 5 heteroatoms. The minimum absolute atomic E-state index is 0.302. The molecule has 3 nitrogen and oxygen atoms in total. The van der Waals surface area contributed by atoms with Crippen LogP contribution in [0.1, 0.15) is 18.5 Å². The SMILES string of the molecule is C[C@@H](NS(=O)(=O)Cl)c1ccccc1. The lowest BCUT2D eigenvalue weighted by Crippen LogP contribution is -2.21. The second-order valence-corrected chi connectivity index (χ2v) is 5.02. The number of nitrogens with one attached hydrogen (secondary N) is 1. The Kier molecular flexibility index (Phi) is 3.30. The molecule has 0 aliphatic carbocycles. The minimum Gasteiger partial charge on any atom is -0.195 e. The van der Waals surface area contributed by atoms with Crippen molar-refractivity contribution in [2.75, 3.05) is 0 Å². The standard InChI is InChI=1S/C8H10ClNO2S/c1-7(10-13(9,11)12)8-5-3-2-4-6-8/h2-7,10H,1H3/t7-/m1/s1. The van der Waals surface area contributed by atoms with Crippen LogP contribution < -0.4 is 4.72 Å². The van der Waals surface area contributed by atoms with E-state index in [0.29, 0.717) is 0 Å². The first kappa shape index (κ1) is 10.5. The van der Waals surface area contributed by atoms with Gasteiger partial charge in [0, 0.05) is 16.7 Å². The molecule has 1 N–H and O–H groups in total. The van der Waals surface area contributed by atoms with Crippen molar-refractivity contribution < 1.29 is 8.42 Å². The molecule has 1 atom stereocenters. The Labute approximate surface area is 82.3 Å². The Morgan fingerprint density at radius 3 is 2.31 bits per heavy atom. The first-order valence-electron chi connectivity index (χ1n) is 3.76. The average Bonchev–Trinajstić information content (AvgIpc) is 2.03. The van der Waals surface area contributed by atoms with E-state index in [9.17, 15) is 8.42 Å². The van der Waals surface area contributed by atoms with Crippen molar-refractivity contribution in [3.05, 3.63) is 35.9 Å². The van der Waals surface area contributed by atoms with Crippen LogP contribution in [0.15, 0.2) is 30.3 Å². The molecule has 0 aliphatic heterocycles. The maximum absolute atomic E-state index is 10.7. The number of hydrogen-bond donors (Lipinski definition) is 1. The molecule has 0 heterocycles. The molecule has 13 heavy (non-hydrogen) atoms. The fourth-order valence-electron chi connectivity index (χ4n) is 1.02. The van der Waals surface area contributed by atoms with Crippen molar-refractivity contribution in [1.82, 2.24) is 4.72 Å². The van der Waals surface area contributed by atoms with E-state index in [1.165, 1.54) is 0 Å². The Balaban J connectivity index is 2.76. The molecule has 0 fully saturated rings. The second kappa shape index (κ2) is 4.09. The van der Waals surface area contributed by atoms with Crippen molar-refractivity contribution in [2.45, 2.75) is 13.0 Å². The van der Waals surface area contributed by atoms with E-state index in [0.717, 1.165) is 5.56 Å². The smallest absolute Gasteiger partial charge is 0.195 e. The Hall–Kier alpha value is -0.580. The zero-order valence-electron chi connectivity index (χ0n) is 7.07. The number of rotatable bonds is 3. The molecule has 1 aromatic rings. The van der Waals surface area contributed by atoms with Crippen LogP contribution in [-0.4, -0.2) is 8.42 Å². The Morgan fingerprint density at radius 2 is 1.85 bits per heavy atom. The summed E-state index contributed by atoms with van der Waals surface area (Å²) >= 11 is 0. The zero-order valence-corrected chi connectivity index (χ0v) is 8.64. The summed E-state index contributed by atoms with van der Waals surface area (Å²) in [6.45, 7) is 1.73. The summed E-state index contributed by atoms with van der Waals surface area (Å²) in [6, 6.07) is 8.91. The third-order valence-corrected chi connectivity index (χ3v) is 2.52. The van der Waals surface area contributed by atoms with Crippen molar-refractivity contribution in [1.29, 1.82) is 0 Å². The van der Waals surface area contributed by atoms with Crippen LogP contribution in [0.2, 0.25) is 0 Å². The van der Waals surface area contributed by atoms with Gasteiger partial charge in [0.25, 0.3) is 9.24 Å². The summed E-state index contributed by atoms with van der Waals surface area (Å²) in [5.41, 5.74) is 0.881. The van der Waals surface area contributed by atoms with Gasteiger partial charge in [-0.05, 0) is 12.5 Å². The summed E-state index contributed by atoms with van der Waals surface area (Å²) < 4.78 is 23.6. The summed E-state index contributed by atoms with van der Waals surface area (Å²) in [6.07, 6.45) is 0. The van der Waals surface area contributed by atoms with E-state index >= 15 is 0 Å². The van der Waals surface area contributed by atoms with Crippen molar-refractivity contribution in [2.24, 2.45) is 0 Å². The van der Waals surface area contributed by atoms with Gasteiger partial charge in [-0.25, -0.2) is 0 Å². The summed E-state index contributed by atoms with van der Waals surface area (Å²) in [4.78, 5) is 0. The number of halogens is 1. The molecule has 0 radical (unpaired) electrons. The first-order valence-corrected chi connectivity index (χ1v) is 6.07. The van der Waals surface area contributed by atoms with E-state index in [2.05, 4.69) is 4.72 Å². The highest BCUT2D eigenvalue weighted by Crippen LogP contribution is 2.12. The van der Waals surface area contributed by atoms with Gasteiger partial charge in [-0.1, -0.05) is 30.3 Å². The molecule has 0 amide bonds. The van der Waals surface area contributed by atoms with Crippen LogP contribution >= 0.6 is 10.7 Å². The summed E-state index contributed by atoms with van der Waals surface area (Å²) in [5, 5.41) is 0. The van der Waals surface area contributed by atoms with Gasteiger partial charge in [0.2, 0.25) is 0 Å². The van der Waals surface area contributed by atoms with E-state index in [-0.39, 0.29) is 6.04 Å². The molecule has 0 bridgehead atoms. The third kappa shape index (κ3) is 3.76. The minimum atomic E-state index is -3.65. The largest absolute Gasteiger partial charge is 0.297 e. The maximum atomic E-state index is 10.7. The quantitative estimate of drug-likeness (QED) is 0.789. The summed E-state index contributed by atoms with van der Waals surface area (Å²) in [5.74, 6) is 0. The van der Waals surface area contributed by atoms with Crippen molar-refractivity contribution >= 4 is 19.9 Å². The van der Waals surface area contributed by atoms with Crippen LogP contribution in [0.4, 0.5) is 0 Å². The van der Waals surface area contributed by atoms with Gasteiger partial charge in [0.1, 0.15) is 0 Å². The van der Waals surface area contributed by atoms with Gasteiger partial charge in [-0.2, -0.15) is 13.1 Å². The highest BCUT2D eigenvalue weighted by Gasteiger charge is 2.11. The van der Waals surface area contributed by atoms with Crippen LogP contribution in [0, 0.1) is 0 Å². The highest BCUT2D eigenvalue weighted by atomic mass is 35.7. The molecule has 0 aliphatic rings. The van der Waals surface area contributed by atoms with Gasteiger partial charge in [0.05, 0.1) is 0 Å². The predicted molar refractivity (Wildman–Crippen MR) is 52.8 cm³/mol. The number of hydrogen-bond acceptors (Lipinski definition) is 2. The lowest BCUT2D eigenvalue weighted by Gasteiger charge is -2.10. The normalized spacial score (nSPS) is 14.0. The molecule has 0 spiro atoms. The maximum Gasteiger partial charge on any atom is 0.297 e. The average molecular weight is 220 g/mol. The van der Waals surface area contributed by atoms with Gasteiger partial charge in [0.15, 0.2) is 0 Å². The number of benzene rings is 1. The molecular formula is C8H10ClNO2S. The van der Waals surface area contributed by atoms with Gasteiger partial charge in [-0.3, -0.25) is 0 Å². The predicted octanol–water partition coefficient (Wildman–Crippen LogP) is 1.82. The lowest BCUT2D eigenvalue weighted by molar-refractivity contribution is 0.582. The topological polar surface area (TPSA) is 46.2 Å². The first-order chi connectivity index (χ1) is 5.99. The molecule has 0 saturated carbocycles. The zero-order chi connectivity index (χ0) is 9.90. The lowest BCUT2D eigenvalue weighted by atomic mass is 10.1. The Morgan fingerprint density at radius 1 is 1.31 bits per heavy atom. The molecule has 1 rings (SSSR count). The molecule has 0 aromatic heterocycles. The van der Waals surface area contributed by atoms with E-state index < -0.39 is 9.24 Å². The van der Waals surface area contributed by atoms with E-state index in [4.69, 9.17) is 10.7 Å². The molecule has 1 aromatic carbocycles. The van der Waals surface area contributed by atoms with E-state index in [1.54, 1.807) is 6.92 Å². The summed E-state index contributed by atoms with van der Waals surface area (Å²) in [7, 11) is 1.39. The monoisotopic (exact) mass is 219 g/mol. The van der Waals surface area contributed by atoms with Gasteiger partial charge < -0.3 is 0 Å².